The van der Waals surface area contributed by atoms with E-state index in [0.29, 0.717) is 22.9 Å². The van der Waals surface area contributed by atoms with Crippen molar-refractivity contribution >= 4 is 11.6 Å². The summed E-state index contributed by atoms with van der Waals surface area (Å²) in [4.78, 5) is 4.02. The number of rotatable bonds is 4. The fourth-order valence-corrected chi connectivity index (χ4v) is 1.83. The second-order valence-electron chi connectivity index (χ2n) is 4.14. The summed E-state index contributed by atoms with van der Waals surface area (Å²) in [7, 11) is 1.91. The largest absolute Gasteiger partial charge is 0.487 e. The molecular formula is C13H15ClN2O2. The summed E-state index contributed by atoms with van der Waals surface area (Å²) in [5.41, 5.74) is 1.64. The summed E-state index contributed by atoms with van der Waals surface area (Å²) in [5, 5.41) is 10.3. The first kappa shape index (κ1) is 12.9. The van der Waals surface area contributed by atoms with Crippen LogP contribution in [0.5, 0.6) is 5.75 Å². The molecule has 96 valence electrons. The third kappa shape index (κ3) is 2.83. The highest BCUT2D eigenvalue weighted by atomic mass is 35.5. The van der Waals surface area contributed by atoms with Crippen LogP contribution in [-0.2, 0) is 13.7 Å². The van der Waals surface area contributed by atoms with Crippen molar-refractivity contribution in [3.63, 3.8) is 0 Å². The molecule has 1 N–H and O–H groups in total. The lowest BCUT2D eigenvalue weighted by molar-refractivity contribution is 0.189. The second-order valence-corrected chi connectivity index (χ2v) is 4.58. The van der Waals surface area contributed by atoms with Crippen LogP contribution in [0.2, 0.25) is 5.02 Å². The molecular weight excluding hydrogens is 252 g/mol. The zero-order chi connectivity index (χ0) is 13.1. The maximum atomic E-state index is 9.68. The number of aromatic nitrogens is 2. The van der Waals surface area contributed by atoms with E-state index in [0.717, 1.165) is 5.69 Å². The van der Waals surface area contributed by atoms with Gasteiger partial charge in [-0.3, -0.25) is 0 Å². The van der Waals surface area contributed by atoms with Crippen molar-refractivity contribution < 1.29 is 9.84 Å². The number of nitrogens with zero attached hydrogens (tertiary/aromatic N) is 2. The zero-order valence-electron chi connectivity index (χ0n) is 10.3. The molecule has 4 nitrogen and oxygen atoms in total. The number of benzene rings is 1. The van der Waals surface area contributed by atoms with E-state index < -0.39 is 6.10 Å². The molecule has 2 rings (SSSR count). The highest BCUT2D eigenvalue weighted by Gasteiger charge is 2.10. The lowest BCUT2D eigenvalue weighted by Gasteiger charge is -2.13. The highest BCUT2D eigenvalue weighted by molar-refractivity contribution is 6.30. The fraction of sp³-hybridized carbons (Fsp3) is 0.308. The van der Waals surface area contributed by atoms with Crippen LogP contribution in [0, 0.1) is 0 Å². The Kier molecular flexibility index (Phi) is 3.89. The van der Waals surface area contributed by atoms with Gasteiger partial charge in [0.25, 0.3) is 0 Å². The molecule has 0 bridgehead atoms. The molecule has 1 aromatic carbocycles. The van der Waals surface area contributed by atoms with Crippen LogP contribution in [-0.4, -0.2) is 14.7 Å². The standard InChI is InChI=1S/C13H15ClN2O2/c1-9(17)12-5-10(14)3-4-13(12)18-7-11-6-15-8-16(11)2/h3-6,8-9,17H,7H2,1-2H3. The molecule has 0 saturated carbocycles. The summed E-state index contributed by atoms with van der Waals surface area (Å²) in [5.74, 6) is 0.635. The molecule has 1 heterocycles. The van der Waals surface area contributed by atoms with E-state index in [9.17, 15) is 5.11 Å². The number of halogens is 1. The molecule has 0 aliphatic rings. The van der Waals surface area contributed by atoms with Gasteiger partial charge in [-0.2, -0.15) is 0 Å². The molecule has 0 amide bonds. The van der Waals surface area contributed by atoms with Crippen molar-refractivity contribution in [2.45, 2.75) is 19.6 Å². The number of aryl methyl sites for hydroxylation is 1. The molecule has 1 aromatic heterocycles. The van der Waals surface area contributed by atoms with Gasteiger partial charge in [0, 0.05) is 17.6 Å². The summed E-state index contributed by atoms with van der Waals surface area (Å²) >= 11 is 5.91. The molecule has 1 unspecified atom stereocenters. The maximum Gasteiger partial charge on any atom is 0.130 e. The van der Waals surface area contributed by atoms with Crippen LogP contribution in [0.25, 0.3) is 0 Å². The van der Waals surface area contributed by atoms with Crippen molar-refractivity contribution in [2.24, 2.45) is 7.05 Å². The Balaban J connectivity index is 2.16. The van der Waals surface area contributed by atoms with Gasteiger partial charge in [-0.1, -0.05) is 11.6 Å². The van der Waals surface area contributed by atoms with E-state index in [1.54, 1.807) is 37.6 Å². The third-order valence-electron chi connectivity index (χ3n) is 2.71. The first-order valence-corrected chi connectivity index (χ1v) is 6.01. The van der Waals surface area contributed by atoms with Crippen LogP contribution in [0.3, 0.4) is 0 Å². The first-order chi connectivity index (χ1) is 8.58. The molecule has 18 heavy (non-hydrogen) atoms. The highest BCUT2D eigenvalue weighted by Crippen LogP contribution is 2.28. The number of imidazole rings is 1. The number of hydrogen-bond acceptors (Lipinski definition) is 3. The van der Waals surface area contributed by atoms with Crippen molar-refractivity contribution in [1.82, 2.24) is 9.55 Å². The second kappa shape index (κ2) is 5.42. The molecule has 0 fully saturated rings. The van der Waals surface area contributed by atoms with Crippen LogP contribution in [0.1, 0.15) is 24.3 Å². The zero-order valence-corrected chi connectivity index (χ0v) is 11.1. The van der Waals surface area contributed by atoms with Crippen LogP contribution in [0.4, 0.5) is 0 Å². The van der Waals surface area contributed by atoms with Gasteiger partial charge >= 0.3 is 0 Å². The van der Waals surface area contributed by atoms with Gasteiger partial charge in [-0.15, -0.1) is 0 Å². The van der Waals surface area contributed by atoms with Crippen LogP contribution >= 0.6 is 11.6 Å². The molecule has 0 aliphatic heterocycles. The van der Waals surface area contributed by atoms with Crippen molar-refractivity contribution in [3.05, 3.63) is 47.0 Å². The van der Waals surface area contributed by atoms with E-state index in [1.807, 2.05) is 11.6 Å². The first-order valence-electron chi connectivity index (χ1n) is 5.63. The predicted octanol–water partition coefficient (Wildman–Crippen LogP) is 2.71. The van der Waals surface area contributed by atoms with Gasteiger partial charge in [0.05, 0.1) is 24.3 Å². The molecule has 0 saturated heterocycles. The SMILES string of the molecule is CC(O)c1cc(Cl)ccc1OCc1cncn1C. The van der Waals surface area contributed by atoms with Gasteiger partial charge in [-0.25, -0.2) is 4.98 Å². The average molecular weight is 267 g/mol. The molecule has 0 spiro atoms. The Bertz CT molecular complexity index is 538. The lowest BCUT2D eigenvalue weighted by atomic mass is 10.1. The van der Waals surface area contributed by atoms with Crippen molar-refractivity contribution in [3.8, 4) is 5.75 Å². The molecule has 1 atom stereocenters. The average Bonchev–Trinajstić information content (AvgIpc) is 2.73. The van der Waals surface area contributed by atoms with E-state index >= 15 is 0 Å². The monoisotopic (exact) mass is 266 g/mol. The summed E-state index contributed by atoms with van der Waals surface area (Å²) in [6, 6.07) is 5.22. The minimum absolute atomic E-state index is 0.401. The molecule has 0 radical (unpaired) electrons. The van der Waals surface area contributed by atoms with Gasteiger partial charge in [-0.05, 0) is 25.1 Å². The minimum atomic E-state index is -0.620. The molecule has 0 aliphatic carbocycles. The Morgan fingerprint density at radius 3 is 2.89 bits per heavy atom. The Hall–Kier alpha value is -1.52. The van der Waals surface area contributed by atoms with Crippen molar-refractivity contribution in [2.75, 3.05) is 0 Å². The number of ether oxygens (including phenoxy) is 1. The van der Waals surface area contributed by atoms with Gasteiger partial charge in [0.1, 0.15) is 12.4 Å². The third-order valence-corrected chi connectivity index (χ3v) is 2.95. The minimum Gasteiger partial charge on any atom is -0.487 e. The normalized spacial score (nSPS) is 12.4. The lowest BCUT2D eigenvalue weighted by Crippen LogP contribution is -2.04. The molecule has 5 heteroatoms. The predicted molar refractivity (Wildman–Crippen MR) is 69.6 cm³/mol. The van der Waals surface area contributed by atoms with Crippen molar-refractivity contribution in [1.29, 1.82) is 0 Å². The summed E-state index contributed by atoms with van der Waals surface area (Å²) in [6.45, 7) is 2.08. The Morgan fingerprint density at radius 2 is 2.28 bits per heavy atom. The molecule has 2 aromatic rings. The number of aliphatic hydroxyl groups is 1. The van der Waals surface area contributed by atoms with E-state index in [-0.39, 0.29) is 0 Å². The van der Waals surface area contributed by atoms with Gasteiger partial charge < -0.3 is 14.4 Å². The van der Waals surface area contributed by atoms with E-state index in [2.05, 4.69) is 4.98 Å². The van der Waals surface area contributed by atoms with Crippen LogP contribution in [0.15, 0.2) is 30.7 Å². The number of aliphatic hydroxyl groups excluding tert-OH is 1. The Labute approximate surface area is 111 Å². The maximum absolute atomic E-state index is 9.68. The van der Waals surface area contributed by atoms with E-state index in [1.165, 1.54) is 0 Å². The topological polar surface area (TPSA) is 47.3 Å². The van der Waals surface area contributed by atoms with E-state index in [4.69, 9.17) is 16.3 Å². The van der Waals surface area contributed by atoms with Gasteiger partial charge in [0.2, 0.25) is 0 Å². The number of hydrogen-bond donors (Lipinski definition) is 1. The van der Waals surface area contributed by atoms with Gasteiger partial charge in [0.15, 0.2) is 0 Å². The van der Waals surface area contributed by atoms with Crippen LogP contribution < -0.4 is 4.74 Å². The summed E-state index contributed by atoms with van der Waals surface area (Å²) in [6.07, 6.45) is 2.85. The Morgan fingerprint density at radius 1 is 1.50 bits per heavy atom. The smallest absolute Gasteiger partial charge is 0.130 e. The fourth-order valence-electron chi connectivity index (χ4n) is 1.65. The quantitative estimate of drug-likeness (QED) is 0.926. The summed E-state index contributed by atoms with van der Waals surface area (Å²) < 4.78 is 7.59.